The van der Waals surface area contributed by atoms with E-state index in [0.29, 0.717) is 13.0 Å². The number of benzene rings is 1. The second-order valence-corrected chi connectivity index (χ2v) is 3.59. The van der Waals surface area contributed by atoms with Gasteiger partial charge in [0, 0.05) is 13.0 Å². The Morgan fingerprint density at radius 1 is 1.26 bits per heavy atom. The summed E-state index contributed by atoms with van der Waals surface area (Å²) in [6.07, 6.45) is -4.42. The molecule has 0 bridgehead atoms. The van der Waals surface area contributed by atoms with Gasteiger partial charge in [-0.05, 0) is 12.1 Å². The molecule has 2 N–H and O–H groups in total. The van der Waals surface area contributed by atoms with E-state index < -0.39 is 6.36 Å². The highest BCUT2D eigenvalue weighted by Gasteiger charge is 2.32. The van der Waals surface area contributed by atoms with Crippen LogP contribution in [0.25, 0.3) is 11.4 Å². The molecule has 0 aliphatic carbocycles. The van der Waals surface area contributed by atoms with Crippen molar-refractivity contribution >= 4 is 0 Å². The molecule has 1 heterocycles. The zero-order valence-corrected chi connectivity index (χ0v) is 9.65. The number of rotatable bonds is 4. The van der Waals surface area contributed by atoms with Crippen LogP contribution in [0.4, 0.5) is 13.2 Å². The summed E-state index contributed by atoms with van der Waals surface area (Å²) in [4.78, 5) is 3.96. The molecule has 1 aromatic heterocycles. The summed E-state index contributed by atoms with van der Waals surface area (Å²) in [6, 6.07) is 5.57. The predicted octanol–water partition coefficient (Wildman–Crippen LogP) is 2.14. The molecule has 19 heavy (non-hydrogen) atoms. The van der Waals surface area contributed by atoms with Crippen LogP contribution in [0, 0.1) is 0 Å². The summed E-state index contributed by atoms with van der Waals surface area (Å²) < 4.78 is 45.6. The van der Waals surface area contributed by atoms with Crippen molar-refractivity contribution in [3.05, 3.63) is 30.2 Å². The number of aromatic nitrogens is 2. The highest BCUT2D eigenvalue weighted by atomic mass is 19.4. The maximum absolute atomic E-state index is 12.3. The van der Waals surface area contributed by atoms with Gasteiger partial charge in [-0.1, -0.05) is 17.3 Å². The topological polar surface area (TPSA) is 74.2 Å². The first kappa shape index (κ1) is 13.3. The van der Waals surface area contributed by atoms with Gasteiger partial charge >= 0.3 is 6.36 Å². The summed E-state index contributed by atoms with van der Waals surface area (Å²) in [6.45, 7) is 0.308. The third kappa shape index (κ3) is 3.44. The monoisotopic (exact) mass is 273 g/mol. The number of nitrogens with zero attached hydrogens (tertiary/aromatic N) is 2. The van der Waals surface area contributed by atoms with Gasteiger partial charge in [-0.25, -0.2) is 0 Å². The predicted molar refractivity (Wildman–Crippen MR) is 59.2 cm³/mol. The molecule has 0 unspecified atom stereocenters. The average molecular weight is 273 g/mol. The summed E-state index contributed by atoms with van der Waals surface area (Å²) in [5.74, 6) is -0.0855. The maximum atomic E-state index is 12.3. The lowest BCUT2D eigenvalue weighted by atomic mass is 10.2. The largest absolute Gasteiger partial charge is 0.573 e. The number of hydrogen-bond donors (Lipinski definition) is 1. The molecule has 2 aromatic rings. The van der Waals surface area contributed by atoms with E-state index in [1.807, 2.05) is 0 Å². The Kier molecular flexibility index (Phi) is 3.70. The van der Waals surface area contributed by atoms with Crippen molar-refractivity contribution in [3.8, 4) is 17.1 Å². The second-order valence-electron chi connectivity index (χ2n) is 3.59. The van der Waals surface area contributed by atoms with Crippen LogP contribution in [0.3, 0.4) is 0 Å². The van der Waals surface area contributed by atoms with E-state index in [-0.39, 0.29) is 23.0 Å². The molecule has 0 aliphatic rings. The zero-order chi connectivity index (χ0) is 13.9. The molecule has 0 aliphatic heterocycles. The zero-order valence-electron chi connectivity index (χ0n) is 9.65. The highest BCUT2D eigenvalue weighted by molar-refractivity contribution is 5.63. The fourth-order valence-corrected chi connectivity index (χ4v) is 1.45. The fourth-order valence-electron chi connectivity index (χ4n) is 1.45. The van der Waals surface area contributed by atoms with E-state index in [9.17, 15) is 13.2 Å². The smallest absolute Gasteiger partial charge is 0.405 e. The van der Waals surface area contributed by atoms with Gasteiger partial charge in [0.05, 0.1) is 5.56 Å². The van der Waals surface area contributed by atoms with Crippen LogP contribution in [0.15, 0.2) is 28.8 Å². The Morgan fingerprint density at radius 3 is 2.68 bits per heavy atom. The summed E-state index contributed by atoms with van der Waals surface area (Å²) in [7, 11) is 0. The molecule has 0 radical (unpaired) electrons. The van der Waals surface area contributed by atoms with Crippen molar-refractivity contribution in [2.75, 3.05) is 6.54 Å². The molecule has 0 saturated carbocycles. The number of nitrogens with two attached hydrogens (primary N) is 1. The SMILES string of the molecule is NCCc1nc(-c2ccccc2OC(F)(F)F)no1. The van der Waals surface area contributed by atoms with Gasteiger partial charge in [0.25, 0.3) is 0 Å². The molecule has 102 valence electrons. The van der Waals surface area contributed by atoms with E-state index in [1.54, 1.807) is 6.07 Å². The Morgan fingerprint density at radius 2 is 2.00 bits per heavy atom. The highest BCUT2D eigenvalue weighted by Crippen LogP contribution is 2.31. The standard InChI is InChI=1S/C11H10F3N3O2/c12-11(13,14)18-8-4-2-1-3-7(8)10-16-9(5-6-15)19-17-10/h1-4H,5-6,15H2. The van der Waals surface area contributed by atoms with Crippen molar-refractivity contribution in [2.24, 2.45) is 5.73 Å². The lowest BCUT2D eigenvalue weighted by molar-refractivity contribution is -0.274. The number of ether oxygens (including phenoxy) is 1. The Hall–Kier alpha value is -2.09. The third-order valence-electron chi connectivity index (χ3n) is 2.18. The van der Waals surface area contributed by atoms with E-state index in [4.69, 9.17) is 10.3 Å². The van der Waals surface area contributed by atoms with Gasteiger partial charge in [-0.3, -0.25) is 0 Å². The summed E-state index contributed by atoms with van der Waals surface area (Å²) >= 11 is 0. The Labute approximate surface area is 106 Å². The van der Waals surface area contributed by atoms with Crippen LogP contribution in [0.5, 0.6) is 5.75 Å². The normalized spacial score (nSPS) is 11.6. The summed E-state index contributed by atoms with van der Waals surface area (Å²) in [5.41, 5.74) is 5.42. The van der Waals surface area contributed by atoms with Crippen molar-refractivity contribution < 1.29 is 22.4 Å². The molecule has 8 heteroatoms. The van der Waals surface area contributed by atoms with E-state index in [2.05, 4.69) is 14.9 Å². The first-order valence-corrected chi connectivity index (χ1v) is 5.37. The van der Waals surface area contributed by atoms with Gasteiger partial charge in [-0.15, -0.1) is 13.2 Å². The number of para-hydroxylation sites is 1. The maximum Gasteiger partial charge on any atom is 0.573 e. The minimum atomic E-state index is -4.78. The number of alkyl halides is 3. The molecule has 2 rings (SSSR count). The first-order chi connectivity index (χ1) is 8.99. The lowest BCUT2D eigenvalue weighted by Gasteiger charge is -2.10. The quantitative estimate of drug-likeness (QED) is 0.923. The van der Waals surface area contributed by atoms with Crippen LogP contribution < -0.4 is 10.5 Å². The van der Waals surface area contributed by atoms with E-state index in [1.165, 1.54) is 18.2 Å². The van der Waals surface area contributed by atoms with Crippen LogP contribution in [0.2, 0.25) is 0 Å². The lowest BCUT2D eigenvalue weighted by Crippen LogP contribution is -2.17. The average Bonchev–Trinajstić information content (AvgIpc) is 2.76. The number of hydrogen-bond acceptors (Lipinski definition) is 5. The Balaban J connectivity index is 2.32. The molecule has 0 atom stereocenters. The van der Waals surface area contributed by atoms with Crippen molar-refractivity contribution in [1.29, 1.82) is 0 Å². The van der Waals surface area contributed by atoms with Gasteiger partial charge in [0.15, 0.2) is 0 Å². The third-order valence-corrected chi connectivity index (χ3v) is 2.18. The van der Waals surface area contributed by atoms with E-state index >= 15 is 0 Å². The molecule has 1 aromatic carbocycles. The van der Waals surface area contributed by atoms with Crippen LogP contribution in [0.1, 0.15) is 5.89 Å². The second kappa shape index (κ2) is 5.27. The van der Waals surface area contributed by atoms with Crippen LogP contribution >= 0.6 is 0 Å². The van der Waals surface area contributed by atoms with Crippen LogP contribution in [-0.4, -0.2) is 23.0 Å². The van der Waals surface area contributed by atoms with Gasteiger partial charge in [0.2, 0.25) is 11.7 Å². The van der Waals surface area contributed by atoms with Gasteiger partial charge in [-0.2, -0.15) is 4.98 Å². The molecule has 0 spiro atoms. The van der Waals surface area contributed by atoms with Gasteiger partial charge in [0.1, 0.15) is 5.75 Å². The molecular formula is C11H10F3N3O2. The minimum absolute atomic E-state index is 0.0308. The molecule has 5 nitrogen and oxygen atoms in total. The molecule has 0 fully saturated rings. The van der Waals surface area contributed by atoms with Crippen LogP contribution in [-0.2, 0) is 6.42 Å². The molecule has 0 saturated heterocycles. The van der Waals surface area contributed by atoms with E-state index in [0.717, 1.165) is 0 Å². The molecule has 0 amide bonds. The van der Waals surface area contributed by atoms with Crippen molar-refractivity contribution in [1.82, 2.24) is 10.1 Å². The Bertz CT molecular complexity index is 554. The first-order valence-electron chi connectivity index (χ1n) is 5.37. The summed E-state index contributed by atoms with van der Waals surface area (Å²) in [5, 5.41) is 3.61. The fraction of sp³-hybridized carbons (Fsp3) is 0.273. The molecular weight excluding hydrogens is 263 g/mol. The minimum Gasteiger partial charge on any atom is -0.405 e. The van der Waals surface area contributed by atoms with Crippen molar-refractivity contribution in [3.63, 3.8) is 0 Å². The van der Waals surface area contributed by atoms with Gasteiger partial charge < -0.3 is 15.0 Å². The van der Waals surface area contributed by atoms with Crippen molar-refractivity contribution in [2.45, 2.75) is 12.8 Å². The number of halogens is 3.